The molecule has 0 spiro atoms. The number of rotatable bonds is 4. The lowest BCUT2D eigenvalue weighted by Crippen LogP contribution is -2.33. The number of carbonyl (C=O) groups is 2. The van der Waals surface area contributed by atoms with Gasteiger partial charge >= 0.3 is 5.97 Å². The average molecular weight is 315 g/mol. The number of carboxylic acids is 1. The molecule has 2 rings (SSSR count). The molecule has 1 aliphatic rings. The number of ketones is 1. The van der Waals surface area contributed by atoms with E-state index in [0.717, 1.165) is 5.56 Å². The van der Waals surface area contributed by atoms with Crippen molar-refractivity contribution >= 4 is 17.5 Å². The Morgan fingerprint density at radius 1 is 1.17 bits per heavy atom. The summed E-state index contributed by atoms with van der Waals surface area (Å²) in [5, 5.41) is 19.3. The van der Waals surface area contributed by atoms with Crippen LogP contribution in [0.4, 0.5) is 0 Å². The fourth-order valence-electron chi connectivity index (χ4n) is 2.79. The summed E-state index contributed by atoms with van der Waals surface area (Å²) in [5.74, 6) is -1.28. The maximum absolute atomic E-state index is 12.5. The second-order valence-corrected chi connectivity index (χ2v) is 6.58. The van der Waals surface area contributed by atoms with Crippen LogP contribution in [0.3, 0.4) is 0 Å². The van der Waals surface area contributed by atoms with Crippen molar-refractivity contribution in [1.82, 2.24) is 0 Å². The van der Waals surface area contributed by atoms with E-state index in [1.54, 1.807) is 0 Å². The van der Waals surface area contributed by atoms with E-state index in [1.165, 1.54) is 0 Å². The number of benzene rings is 1. The van der Waals surface area contributed by atoms with E-state index in [9.17, 15) is 14.7 Å². The molecule has 1 fully saturated rings. The molecular weight excluding hydrogens is 294 g/mol. The minimum Gasteiger partial charge on any atom is -0.511 e. The lowest BCUT2D eigenvalue weighted by molar-refractivity contribution is -0.135. The highest BCUT2D eigenvalue weighted by Crippen LogP contribution is 2.35. The van der Waals surface area contributed by atoms with Crippen LogP contribution in [0.25, 0.3) is 0 Å². The monoisotopic (exact) mass is 315 g/mol. The van der Waals surface area contributed by atoms with Crippen molar-refractivity contribution in [2.24, 2.45) is 10.4 Å². The van der Waals surface area contributed by atoms with Crippen molar-refractivity contribution in [2.45, 2.75) is 33.1 Å². The topological polar surface area (TPSA) is 87.0 Å². The first-order chi connectivity index (χ1) is 10.8. The Bertz CT molecular complexity index is 672. The third-order valence-corrected chi connectivity index (χ3v) is 3.76. The Morgan fingerprint density at radius 3 is 2.43 bits per heavy atom. The zero-order valence-corrected chi connectivity index (χ0v) is 13.4. The minimum atomic E-state index is -1.06. The van der Waals surface area contributed by atoms with Gasteiger partial charge in [-0.2, -0.15) is 0 Å². The van der Waals surface area contributed by atoms with Gasteiger partial charge in [-0.15, -0.1) is 0 Å². The van der Waals surface area contributed by atoms with E-state index in [0.29, 0.717) is 18.6 Å². The Hall–Kier alpha value is -2.43. The van der Waals surface area contributed by atoms with Crippen molar-refractivity contribution in [3.63, 3.8) is 0 Å². The van der Waals surface area contributed by atoms with Gasteiger partial charge in [0.15, 0.2) is 5.78 Å². The molecule has 0 heterocycles. The number of nitrogens with zero attached hydrogens (tertiary/aromatic N) is 1. The summed E-state index contributed by atoms with van der Waals surface area (Å²) < 4.78 is 0. The van der Waals surface area contributed by atoms with Gasteiger partial charge < -0.3 is 10.2 Å². The van der Waals surface area contributed by atoms with Crippen molar-refractivity contribution in [3.8, 4) is 0 Å². The van der Waals surface area contributed by atoms with Crippen LogP contribution in [0.15, 0.2) is 46.7 Å². The van der Waals surface area contributed by atoms with Gasteiger partial charge in [0.05, 0.1) is 11.3 Å². The van der Waals surface area contributed by atoms with Gasteiger partial charge in [0.25, 0.3) is 0 Å². The number of aliphatic carboxylic acids is 1. The van der Waals surface area contributed by atoms with Crippen LogP contribution in [0, 0.1) is 5.41 Å². The molecule has 0 unspecified atom stereocenters. The van der Waals surface area contributed by atoms with Crippen LogP contribution >= 0.6 is 0 Å². The number of carboxylic acid groups (broad SMARTS) is 1. The van der Waals surface area contributed by atoms with Crippen LogP contribution in [-0.4, -0.2) is 34.2 Å². The van der Waals surface area contributed by atoms with Crippen molar-refractivity contribution in [2.75, 3.05) is 6.54 Å². The standard InChI is InChI=1S/C18H21NO4/c1-18(2)9-13(19-11-16(22)23)17(15(21)10-18)14(20)8-12-6-4-3-5-7-12/h3-7,20H,8-11H2,1-2H3,(H,22,23). The van der Waals surface area contributed by atoms with E-state index < -0.39 is 12.5 Å². The van der Waals surface area contributed by atoms with Gasteiger partial charge in [-0.1, -0.05) is 44.2 Å². The molecule has 2 N–H and O–H groups in total. The Balaban J connectivity index is 2.38. The lowest BCUT2D eigenvalue weighted by atomic mass is 9.73. The van der Waals surface area contributed by atoms with E-state index >= 15 is 0 Å². The zero-order valence-electron chi connectivity index (χ0n) is 13.4. The van der Waals surface area contributed by atoms with Gasteiger partial charge in [0.2, 0.25) is 0 Å². The highest BCUT2D eigenvalue weighted by molar-refractivity contribution is 6.24. The van der Waals surface area contributed by atoms with Crippen LogP contribution in [0.1, 0.15) is 32.3 Å². The summed E-state index contributed by atoms with van der Waals surface area (Å²) in [7, 11) is 0. The summed E-state index contributed by atoms with van der Waals surface area (Å²) in [6, 6.07) is 9.32. The molecular formula is C18H21NO4. The van der Waals surface area contributed by atoms with E-state index in [1.807, 2.05) is 44.2 Å². The van der Waals surface area contributed by atoms with E-state index in [4.69, 9.17) is 5.11 Å². The van der Waals surface area contributed by atoms with E-state index in [-0.39, 0.29) is 29.0 Å². The maximum Gasteiger partial charge on any atom is 0.325 e. The quantitative estimate of drug-likeness (QED) is 0.660. The maximum atomic E-state index is 12.5. The second-order valence-electron chi connectivity index (χ2n) is 6.58. The molecule has 1 aromatic rings. The van der Waals surface area contributed by atoms with Crippen LogP contribution in [-0.2, 0) is 16.0 Å². The fourth-order valence-corrected chi connectivity index (χ4v) is 2.79. The molecule has 23 heavy (non-hydrogen) atoms. The van der Waals surface area contributed by atoms with Crippen LogP contribution < -0.4 is 0 Å². The summed E-state index contributed by atoms with van der Waals surface area (Å²) in [6.07, 6.45) is 1.02. The molecule has 5 heteroatoms. The Morgan fingerprint density at radius 2 is 1.83 bits per heavy atom. The number of aliphatic imine (C=N–C) groups is 1. The third kappa shape index (κ3) is 4.52. The zero-order chi connectivity index (χ0) is 17.0. The summed E-state index contributed by atoms with van der Waals surface area (Å²) in [5.41, 5.74) is 1.18. The number of aliphatic hydroxyl groups is 1. The molecule has 122 valence electrons. The van der Waals surface area contributed by atoms with E-state index in [2.05, 4.69) is 4.99 Å². The van der Waals surface area contributed by atoms with Gasteiger partial charge in [-0.05, 0) is 17.4 Å². The van der Waals surface area contributed by atoms with Crippen LogP contribution in [0.5, 0.6) is 0 Å². The predicted molar refractivity (Wildman–Crippen MR) is 87.8 cm³/mol. The number of hydrogen-bond acceptors (Lipinski definition) is 4. The molecule has 1 aliphatic carbocycles. The largest absolute Gasteiger partial charge is 0.511 e. The summed E-state index contributed by atoms with van der Waals surface area (Å²) in [6.45, 7) is 3.47. The number of aliphatic hydroxyl groups excluding tert-OH is 1. The molecule has 1 saturated carbocycles. The normalized spacial score (nSPS) is 21.3. The second kappa shape index (κ2) is 6.77. The Kier molecular flexibility index (Phi) is 4.98. The molecule has 5 nitrogen and oxygen atoms in total. The first-order valence-electron chi connectivity index (χ1n) is 7.53. The number of hydrogen-bond donors (Lipinski definition) is 2. The summed E-state index contributed by atoms with van der Waals surface area (Å²) >= 11 is 0. The minimum absolute atomic E-state index is 0.0409. The average Bonchev–Trinajstić information content (AvgIpc) is 2.44. The third-order valence-electron chi connectivity index (χ3n) is 3.76. The van der Waals surface area contributed by atoms with Crippen molar-refractivity contribution in [1.29, 1.82) is 0 Å². The molecule has 0 atom stereocenters. The SMILES string of the molecule is CC1(C)CC(=O)C(=C(O)Cc2ccccc2)C(=NCC(=O)O)C1. The van der Waals surface area contributed by atoms with Crippen LogP contribution in [0.2, 0.25) is 0 Å². The molecule has 0 amide bonds. The number of carbonyl (C=O) groups excluding carboxylic acids is 1. The van der Waals surface area contributed by atoms with Crippen molar-refractivity contribution < 1.29 is 19.8 Å². The highest BCUT2D eigenvalue weighted by Gasteiger charge is 2.36. The first kappa shape index (κ1) is 16.9. The first-order valence-corrected chi connectivity index (χ1v) is 7.53. The smallest absolute Gasteiger partial charge is 0.325 e. The molecule has 0 aliphatic heterocycles. The Labute approximate surface area is 135 Å². The molecule has 0 bridgehead atoms. The van der Waals surface area contributed by atoms with Gasteiger partial charge in [0, 0.05) is 12.8 Å². The molecule has 0 aromatic heterocycles. The van der Waals surface area contributed by atoms with Crippen molar-refractivity contribution in [3.05, 3.63) is 47.2 Å². The van der Waals surface area contributed by atoms with Gasteiger partial charge in [0.1, 0.15) is 12.3 Å². The summed E-state index contributed by atoms with van der Waals surface area (Å²) in [4.78, 5) is 27.3. The lowest BCUT2D eigenvalue weighted by Gasteiger charge is -2.31. The van der Waals surface area contributed by atoms with Gasteiger partial charge in [-0.25, -0.2) is 0 Å². The number of allylic oxidation sites excluding steroid dienone is 2. The highest BCUT2D eigenvalue weighted by atomic mass is 16.4. The molecule has 1 aromatic carbocycles. The molecule has 0 radical (unpaired) electrons. The van der Waals surface area contributed by atoms with Gasteiger partial charge in [-0.3, -0.25) is 14.6 Å². The molecule has 0 saturated heterocycles. The predicted octanol–water partition coefficient (Wildman–Crippen LogP) is 2.96. The number of Topliss-reactive ketones (excluding diaryl/α,β-unsaturated/α-hetero) is 1. The fraction of sp³-hybridized carbons (Fsp3) is 0.389.